The van der Waals surface area contributed by atoms with Crippen molar-refractivity contribution in [2.75, 3.05) is 0 Å². The van der Waals surface area contributed by atoms with Crippen LogP contribution in [0.1, 0.15) is 72.1 Å². The second-order valence-electron chi connectivity index (χ2n) is 14.5. The van der Waals surface area contributed by atoms with Gasteiger partial charge in [0.25, 0.3) is 0 Å². The molecule has 4 aromatic carbocycles. The van der Waals surface area contributed by atoms with Crippen molar-refractivity contribution < 1.29 is 4.74 Å². The first-order valence-corrected chi connectivity index (χ1v) is 14.5. The Morgan fingerprint density at radius 2 is 1.38 bits per heavy atom. The fourth-order valence-electron chi connectivity index (χ4n) is 6.35. The summed E-state index contributed by atoms with van der Waals surface area (Å²) in [7, 11) is 0. The van der Waals surface area contributed by atoms with E-state index in [1.807, 2.05) is 6.20 Å². The summed E-state index contributed by atoms with van der Waals surface area (Å²) in [4.78, 5) is 4.99. The van der Waals surface area contributed by atoms with E-state index in [1.165, 1.54) is 43.6 Å². The van der Waals surface area contributed by atoms with Crippen molar-refractivity contribution >= 4 is 32.3 Å². The van der Waals surface area contributed by atoms with Crippen LogP contribution in [0.2, 0.25) is 0 Å². The first kappa shape index (κ1) is 25.9. The summed E-state index contributed by atoms with van der Waals surface area (Å²) >= 11 is 0. The van der Waals surface area contributed by atoms with Crippen LogP contribution in [-0.2, 0) is 19.3 Å². The Hall–Kier alpha value is -3.39. The molecule has 1 aromatic heterocycles. The Bertz CT molecular complexity index is 1740. The van der Waals surface area contributed by atoms with Crippen LogP contribution in [0, 0.1) is 16.7 Å². The van der Waals surface area contributed by atoms with Gasteiger partial charge in [0.2, 0.25) is 0 Å². The van der Waals surface area contributed by atoms with Crippen LogP contribution in [0.4, 0.5) is 0 Å². The molecule has 0 bridgehead atoms. The molecule has 2 heteroatoms. The highest BCUT2D eigenvalue weighted by Gasteiger charge is 2.28. The van der Waals surface area contributed by atoms with Crippen molar-refractivity contribution in [3.8, 4) is 22.8 Å². The van der Waals surface area contributed by atoms with Crippen molar-refractivity contribution in [1.29, 1.82) is 0 Å². The van der Waals surface area contributed by atoms with Gasteiger partial charge in [0.1, 0.15) is 11.5 Å². The lowest BCUT2D eigenvalue weighted by Gasteiger charge is -2.28. The number of fused-ring (bicyclic) bond motifs is 5. The van der Waals surface area contributed by atoms with Crippen molar-refractivity contribution in [2.24, 2.45) is 16.7 Å². The molecule has 0 aliphatic carbocycles. The van der Waals surface area contributed by atoms with Gasteiger partial charge in [-0.15, -0.1) is 0 Å². The van der Waals surface area contributed by atoms with Gasteiger partial charge in [0.15, 0.2) is 0 Å². The molecule has 0 saturated heterocycles. The molecule has 0 unspecified atom stereocenters. The number of hydrogen-bond acceptors (Lipinski definition) is 2. The van der Waals surface area contributed by atoms with Crippen molar-refractivity contribution in [3.05, 3.63) is 77.5 Å². The molecule has 0 atom stereocenters. The fraction of sp³-hybridized carbons (Fsp3) is 0.378. The van der Waals surface area contributed by atoms with E-state index in [2.05, 4.69) is 110 Å². The van der Waals surface area contributed by atoms with Gasteiger partial charge in [0.05, 0.1) is 11.1 Å². The third-order valence-corrected chi connectivity index (χ3v) is 7.70. The zero-order valence-electron chi connectivity index (χ0n) is 24.8. The minimum absolute atomic E-state index is 0.115. The number of pyridine rings is 1. The summed E-state index contributed by atoms with van der Waals surface area (Å²) in [6.07, 6.45) is 5.03. The molecule has 39 heavy (non-hydrogen) atoms. The van der Waals surface area contributed by atoms with Gasteiger partial charge in [0, 0.05) is 17.3 Å². The molecule has 0 radical (unpaired) electrons. The molecule has 1 aliphatic rings. The Morgan fingerprint density at radius 1 is 0.718 bits per heavy atom. The summed E-state index contributed by atoms with van der Waals surface area (Å²) in [5.41, 5.74) is 6.54. The predicted octanol–water partition coefficient (Wildman–Crippen LogP) is 10.7. The molecule has 0 spiro atoms. The van der Waals surface area contributed by atoms with Gasteiger partial charge >= 0.3 is 0 Å². The average Bonchev–Trinajstić information content (AvgIpc) is 2.82. The van der Waals surface area contributed by atoms with E-state index >= 15 is 0 Å². The quantitative estimate of drug-likeness (QED) is 0.218. The lowest BCUT2D eigenvalue weighted by Crippen LogP contribution is -2.13. The topological polar surface area (TPSA) is 22.1 Å². The summed E-state index contributed by atoms with van der Waals surface area (Å²) in [5, 5.41) is 7.41. The highest BCUT2D eigenvalue weighted by molar-refractivity contribution is 6.16. The van der Waals surface area contributed by atoms with E-state index in [0.29, 0.717) is 5.92 Å². The summed E-state index contributed by atoms with van der Waals surface area (Å²) < 4.78 is 6.93. The van der Waals surface area contributed by atoms with Crippen molar-refractivity contribution in [2.45, 2.75) is 74.7 Å². The van der Waals surface area contributed by atoms with E-state index in [9.17, 15) is 0 Å². The van der Waals surface area contributed by atoms with Crippen molar-refractivity contribution in [1.82, 2.24) is 4.98 Å². The maximum Gasteiger partial charge on any atom is 0.140 e. The molecule has 0 fully saturated rings. The molecule has 2 heterocycles. The molecule has 1 aliphatic heterocycles. The maximum atomic E-state index is 6.93. The zero-order chi connectivity index (χ0) is 27.7. The summed E-state index contributed by atoms with van der Waals surface area (Å²) in [5.74, 6) is 2.53. The third kappa shape index (κ3) is 4.91. The molecule has 6 rings (SSSR count). The predicted molar refractivity (Wildman–Crippen MR) is 167 cm³/mol. The van der Waals surface area contributed by atoms with E-state index in [-0.39, 0.29) is 10.8 Å². The lowest BCUT2D eigenvalue weighted by molar-refractivity contribution is 0.400. The van der Waals surface area contributed by atoms with E-state index < -0.39 is 0 Å². The monoisotopic (exact) mass is 515 g/mol. The number of benzene rings is 4. The van der Waals surface area contributed by atoms with Gasteiger partial charge in [-0.2, -0.15) is 0 Å². The summed E-state index contributed by atoms with van der Waals surface area (Å²) in [6.45, 7) is 18.4. The maximum absolute atomic E-state index is 6.93. The van der Waals surface area contributed by atoms with Crippen LogP contribution in [0.5, 0.6) is 11.5 Å². The summed E-state index contributed by atoms with van der Waals surface area (Å²) in [6, 6.07) is 20.7. The number of hydrogen-bond donors (Lipinski definition) is 0. The molecule has 5 aromatic rings. The van der Waals surface area contributed by atoms with Gasteiger partial charge in [-0.25, -0.2) is 0 Å². The van der Waals surface area contributed by atoms with Crippen LogP contribution in [0.15, 0.2) is 60.8 Å². The SMILES string of the molecule is CC(C)Cc1ccc2c(c1)cc1c3c(nccc32)-c2cc3cc(CC(C)(C)C)ccc3c(CC(C)(C)C)c2O1. The van der Waals surface area contributed by atoms with Gasteiger partial charge in [-0.3, -0.25) is 4.98 Å². The molecular weight excluding hydrogens is 474 g/mol. The second-order valence-corrected chi connectivity index (χ2v) is 14.5. The minimum Gasteiger partial charge on any atom is -0.456 e. The average molecular weight is 516 g/mol. The molecule has 0 amide bonds. The van der Waals surface area contributed by atoms with E-state index in [0.717, 1.165) is 47.4 Å². The largest absolute Gasteiger partial charge is 0.456 e. The molecule has 0 saturated carbocycles. The Kier molecular flexibility index (Phi) is 6.02. The molecule has 2 nitrogen and oxygen atoms in total. The normalized spacial score (nSPS) is 13.4. The van der Waals surface area contributed by atoms with E-state index in [1.54, 1.807) is 0 Å². The van der Waals surface area contributed by atoms with Crippen LogP contribution in [-0.4, -0.2) is 4.98 Å². The number of ether oxygens (including phenoxy) is 1. The van der Waals surface area contributed by atoms with Crippen LogP contribution in [0.25, 0.3) is 43.6 Å². The van der Waals surface area contributed by atoms with Crippen LogP contribution in [0.3, 0.4) is 0 Å². The van der Waals surface area contributed by atoms with Crippen LogP contribution < -0.4 is 4.74 Å². The lowest BCUT2D eigenvalue weighted by atomic mass is 9.82. The van der Waals surface area contributed by atoms with Crippen molar-refractivity contribution in [3.63, 3.8) is 0 Å². The zero-order valence-corrected chi connectivity index (χ0v) is 24.8. The highest BCUT2D eigenvalue weighted by atomic mass is 16.5. The molecule has 0 N–H and O–H groups in total. The standard InChI is InChI=1S/C37H41NO/c1-22(2)15-23-9-11-27-26(16-23)19-32-33-29(27)13-14-38-34(33)30-18-25-17-24(20-36(3,4)5)10-12-28(25)31(35(30)39-32)21-37(6,7)8/h9-14,16-19,22H,15,20-21H2,1-8H3. The van der Waals surface area contributed by atoms with E-state index in [4.69, 9.17) is 9.72 Å². The van der Waals surface area contributed by atoms with Gasteiger partial charge < -0.3 is 4.74 Å². The van der Waals surface area contributed by atoms with Gasteiger partial charge in [-0.05, 0) is 92.3 Å². The van der Waals surface area contributed by atoms with Gasteiger partial charge in [-0.1, -0.05) is 91.8 Å². The van der Waals surface area contributed by atoms with Crippen LogP contribution >= 0.6 is 0 Å². The molecule has 200 valence electrons. The third-order valence-electron chi connectivity index (χ3n) is 7.70. The Labute approximate surface area is 233 Å². The smallest absolute Gasteiger partial charge is 0.140 e. The first-order chi connectivity index (χ1) is 18.4. The highest BCUT2D eigenvalue weighted by Crippen LogP contribution is 2.51. The fourth-order valence-corrected chi connectivity index (χ4v) is 6.35. The number of aromatic nitrogens is 1. The Morgan fingerprint density at radius 3 is 2.10 bits per heavy atom. The number of rotatable bonds is 4. The minimum atomic E-state index is 0.115. The first-order valence-electron chi connectivity index (χ1n) is 14.5. The number of nitrogens with zero attached hydrogens (tertiary/aromatic N) is 1. The Balaban J connectivity index is 1.62. The molecular formula is C37H41NO. The second kappa shape index (κ2) is 9.08.